The van der Waals surface area contributed by atoms with Crippen molar-refractivity contribution < 1.29 is 47.7 Å². The molecule has 0 unspecified atom stereocenters. The van der Waals surface area contributed by atoms with Gasteiger partial charge in [0.1, 0.15) is 0 Å². The normalized spacial score (nSPS) is 8.29. The topological polar surface area (TPSA) is 106 Å². The third kappa shape index (κ3) is 211. The van der Waals surface area contributed by atoms with E-state index in [4.69, 9.17) is 16.0 Å². The summed E-state index contributed by atoms with van der Waals surface area (Å²) in [6.45, 7) is 0. The van der Waals surface area contributed by atoms with E-state index in [1.807, 2.05) is 0 Å². The Hall–Kier alpha value is 0.883. The Morgan fingerprint density at radius 3 is 1.14 bits per heavy atom. The number of hydrogen-bond acceptors (Lipinski definition) is 2. The maximum atomic E-state index is 8.82. The fourth-order valence-electron chi connectivity index (χ4n) is 0. The molecule has 0 spiro atoms. The van der Waals surface area contributed by atoms with Gasteiger partial charge in [0.2, 0.25) is 0 Å². The first-order chi connectivity index (χ1) is 2.00. The summed E-state index contributed by atoms with van der Waals surface area (Å²) in [5, 5.41) is 0. The fourth-order valence-corrected chi connectivity index (χ4v) is 0. The summed E-state index contributed by atoms with van der Waals surface area (Å²) in [6.07, 6.45) is 0. The van der Waals surface area contributed by atoms with Crippen molar-refractivity contribution in [3.8, 4) is 0 Å². The molecular formula is H4O5SeZr. The fraction of sp³-hybridized carbons (Fsp3) is 0. The zero-order valence-electron chi connectivity index (χ0n) is 3.12. The minimum Gasteiger partial charge on any atom is 0 e. The van der Waals surface area contributed by atoms with E-state index in [0.29, 0.717) is 0 Å². The minimum absolute atomic E-state index is 0. The molecule has 0 aliphatic carbocycles. The van der Waals surface area contributed by atoms with Crippen molar-refractivity contribution in [1.82, 2.24) is 0 Å². The van der Waals surface area contributed by atoms with Gasteiger partial charge in [-0.2, -0.15) is 0 Å². The second-order valence-corrected chi connectivity index (χ2v) is 2.33. The van der Waals surface area contributed by atoms with Gasteiger partial charge in [-0.3, -0.25) is 0 Å². The summed E-state index contributed by atoms with van der Waals surface area (Å²) < 4.78 is 31.9. The van der Waals surface area contributed by atoms with Crippen LogP contribution in [0.5, 0.6) is 0 Å². The van der Waals surface area contributed by atoms with Crippen LogP contribution in [0.1, 0.15) is 0 Å². The van der Waals surface area contributed by atoms with Gasteiger partial charge in [0, 0.05) is 26.2 Å². The van der Waals surface area contributed by atoms with E-state index in [1.165, 1.54) is 0 Å². The van der Waals surface area contributed by atoms with Crippen LogP contribution >= 0.6 is 0 Å². The zero-order chi connectivity index (χ0) is 4.50. The molecule has 4 N–H and O–H groups in total. The molecule has 0 amide bonds. The first kappa shape index (κ1) is 15.7. The van der Waals surface area contributed by atoms with E-state index >= 15 is 0 Å². The standard InChI is InChI=1S/H2O4Se.H2O.Zr/c1-5(2,3)4;;/h(H2,1,2,3,4);1H2;. The second kappa shape index (κ2) is 5.03. The molecule has 0 saturated carbocycles. The Bertz CT molecular complexity index is 91.2. The molecule has 7 heteroatoms. The van der Waals surface area contributed by atoms with Gasteiger partial charge in [-0.15, -0.1) is 0 Å². The summed E-state index contributed by atoms with van der Waals surface area (Å²) in [5.41, 5.74) is 0. The minimum atomic E-state index is -5.25. The molecule has 0 bridgehead atoms. The molecule has 0 radical (unpaired) electrons. The predicted octanol–water partition coefficient (Wildman–Crippen LogP) is -2.56. The third-order valence-corrected chi connectivity index (χ3v) is 0. The van der Waals surface area contributed by atoms with Gasteiger partial charge < -0.3 is 5.48 Å². The van der Waals surface area contributed by atoms with Crippen LogP contribution in [0, 0.1) is 0 Å². The van der Waals surface area contributed by atoms with Crippen LogP contribution in [0.25, 0.3) is 0 Å². The van der Waals surface area contributed by atoms with Crippen LogP contribution in [0.3, 0.4) is 0 Å². The molecular weight excluding hydrogens is 250 g/mol. The van der Waals surface area contributed by atoms with Gasteiger partial charge in [-0.25, -0.2) is 0 Å². The molecule has 0 fully saturated rings. The summed E-state index contributed by atoms with van der Waals surface area (Å²) in [5.74, 6) is 0. The van der Waals surface area contributed by atoms with Crippen molar-refractivity contribution in [2.45, 2.75) is 0 Å². The predicted molar refractivity (Wildman–Crippen MR) is 15.2 cm³/mol. The molecule has 0 aromatic heterocycles. The van der Waals surface area contributed by atoms with Crippen LogP contribution in [0.15, 0.2) is 0 Å². The number of hydrogen-bond donors (Lipinski definition) is 2. The summed E-state index contributed by atoms with van der Waals surface area (Å²) in [7, 11) is 0. The van der Waals surface area contributed by atoms with E-state index in [1.54, 1.807) is 0 Å². The van der Waals surface area contributed by atoms with Crippen LogP contribution < -0.4 is 0 Å². The Balaban J connectivity index is -0.0000000800. The maximum absolute atomic E-state index is 8.82. The van der Waals surface area contributed by atoms with Crippen LogP contribution in [-0.4, -0.2) is 27.2 Å². The van der Waals surface area contributed by atoms with Gasteiger partial charge in [-0.05, 0) is 0 Å². The SMILES string of the molecule is O.O=[Se](=O)(O)O.[Zr]. The van der Waals surface area contributed by atoms with E-state index < -0.39 is 13.4 Å². The summed E-state index contributed by atoms with van der Waals surface area (Å²) in [6, 6.07) is 0. The van der Waals surface area contributed by atoms with E-state index in [0.717, 1.165) is 0 Å². The van der Waals surface area contributed by atoms with Crippen LogP contribution in [0.4, 0.5) is 0 Å². The van der Waals surface area contributed by atoms with Crippen molar-refractivity contribution in [2.24, 2.45) is 0 Å². The van der Waals surface area contributed by atoms with Crippen molar-refractivity contribution in [1.29, 1.82) is 0 Å². The van der Waals surface area contributed by atoms with Crippen molar-refractivity contribution in [2.75, 3.05) is 0 Å². The molecule has 0 aliphatic heterocycles. The molecule has 7 heavy (non-hydrogen) atoms. The average molecular weight is 254 g/mol. The van der Waals surface area contributed by atoms with Crippen LogP contribution in [0.2, 0.25) is 0 Å². The Morgan fingerprint density at radius 2 is 1.14 bits per heavy atom. The van der Waals surface area contributed by atoms with E-state index in [2.05, 4.69) is 0 Å². The first-order valence-electron chi connectivity index (χ1n) is 0.698. The average Bonchev–Trinajstić information content (AvgIpc) is 0.722. The van der Waals surface area contributed by atoms with Gasteiger partial charge >= 0.3 is 29.4 Å². The monoisotopic (exact) mass is 254 g/mol. The molecule has 44 valence electrons. The van der Waals surface area contributed by atoms with Crippen molar-refractivity contribution in [3.05, 3.63) is 0 Å². The van der Waals surface area contributed by atoms with Gasteiger partial charge in [-0.1, -0.05) is 0 Å². The van der Waals surface area contributed by atoms with Crippen molar-refractivity contribution >= 4 is 13.4 Å². The summed E-state index contributed by atoms with van der Waals surface area (Å²) >= 11 is -5.25. The Kier molecular flexibility index (Phi) is 11.3. The van der Waals surface area contributed by atoms with Crippen molar-refractivity contribution in [3.63, 3.8) is 0 Å². The molecule has 0 atom stereocenters. The molecule has 0 aromatic rings. The van der Waals surface area contributed by atoms with Gasteiger partial charge in [0.15, 0.2) is 0 Å². The third-order valence-electron chi connectivity index (χ3n) is 0. The van der Waals surface area contributed by atoms with Crippen LogP contribution in [-0.2, 0) is 33.9 Å². The molecule has 0 rings (SSSR count). The van der Waals surface area contributed by atoms with E-state index in [-0.39, 0.29) is 31.7 Å². The quantitative estimate of drug-likeness (QED) is 0.464. The van der Waals surface area contributed by atoms with E-state index in [9.17, 15) is 0 Å². The molecule has 0 saturated heterocycles. The first-order valence-corrected chi connectivity index (χ1v) is 3.63. The molecule has 0 heterocycles. The molecule has 0 aliphatic rings. The van der Waals surface area contributed by atoms with Gasteiger partial charge in [0.25, 0.3) is 0 Å². The molecule has 5 nitrogen and oxygen atoms in total. The Labute approximate surface area is 61.1 Å². The Morgan fingerprint density at radius 1 is 1.14 bits per heavy atom. The smallest absolute Gasteiger partial charge is 0 e. The van der Waals surface area contributed by atoms with Gasteiger partial charge in [0.05, 0.1) is 0 Å². The second-order valence-electron chi connectivity index (χ2n) is 0.448. The zero-order valence-corrected chi connectivity index (χ0v) is 7.29. The largest absolute Gasteiger partial charge is 0 e. The molecule has 0 aromatic carbocycles. The number of rotatable bonds is 0. The maximum Gasteiger partial charge on any atom is 0 e. The summed E-state index contributed by atoms with van der Waals surface area (Å²) in [4.78, 5) is 0.